The fraction of sp³-hybridized carbons (Fsp3) is 0.200. The maximum Gasteiger partial charge on any atom is 0.258 e. The first-order valence-electron chi connectivity index (χ1n) is 10.3. The van der Waals surface area contributed by atoms with Gasteiger partial charge >= 0.3 is 0 Å². The fourth-order valence-electron chi connectivity index (χ4n) is 3.38. The van der Waals surface area contributed by atoms with Crippen molar-refractivity contribution in [2.75, 3.05) is 20.8 Å². The standard InChI is InChI=1S/C25H22ClNO7/c1-14-9-20-17(11-18(14)26)23(29)25(33-13-22(28)27-12-16-5-4-8-32-16)24(34-20)15-6-7-19(30-2)21(10-15)31-3/h4-11H,12-13H2,1-3H3,(H,27,28). The molecule has 2 heterocycles. The minimum atomic E-state index is -0.452. The maximum absolute atomic E-state index is 13.4. The Morgan fingerprint density at radius 3 is 2.59 bits per heavy atom. The molecule has 0 aliphatic heterocycles. The van der Waals surface area contributed by atoms with E-state index in [0.717, 1.165) is 5.56 Å². The zero-order chi connectivity index (χ0) is 24.2. The number of benzene rings is 2. The van der Waals surface area contributed by atoms with Gasteiger partial charge in [0.05, 0.1) is 32.4 Å². The molecule has 0 spiro atoms. The van der Waals surface area contributed by atoms with Gasteiger partial charge in [-0.1, -0.05) is 11.6 Å². The van der Waals surface area contributed by atoms with Crippen molar-refractivity contribution in [1.29, 1.82) is 0 Å². The molecule has 2 aromatic heterocycles. The van der Waals surface area contributed by atoms with Crippen LogP contribution in [0.5, 0.6) is 17.2 Å². The van der Waals surface area contributed by atoms with Crippen molar-refractivity contribution in [3.63, 3.8) is 0 Å². The largest absolute Gasteiger partial charge is 0.493 e. The summed E-state index contributed by atoms with van der Waals surface area (Å²) in [5.74, 6) is 1.14. The Labute approximate surface area is 200 Å². The lowest BCUT2D eigenvalue weighted by Crippen LogP contribution is -2.29. The van der Waals surface area contributed by atoms with Gasteiger partial charge in [-0.3, -0.25) is 9.59 Å². The lowest BCUT2D eigenvalue weighted by Gasteiger charge is -2.14. The van der Waals surface area contributed by atoms with Crippen molar-refractivity contribution in [1.82, 2.24) is 5.32 Å². The quantitative estimate of drug-likeness (QED) is 0.386. The van der Waals surface area contributed by atoms with Crippen LogP contribution in [-0.2, 0) is 11.3 Å². The van der Waals surface area contributed by atoms with E-state index < -0.39 is 17.9 Å². The van der Waals surface area contributed by atoms with Gasteiger partial charge in [-0.05, 0) is 55.0 Å². The highest BCUT2D eigenvalue weighted by atomic mass is 35.5. The van der Waals surface area contributed by atoms with Gasteiger partial charge in [0.15, 0.2) is 23.9 Å². The Morgan fingerprint density at radius 2 is 1.88 bits per heavy atom. The second-order valence-corrected chi connectivity index (χ2v) is 7.81. The van der Waals surface area contributed by atoms with Crippen LogP contribution in [0.25, 0.3) is 22.3 Å². The Morgan fingerprint density at radius 1 is 1.09 bits per heavy atom. The first-order valence-corrected chi connectivity index (χ1v) is 10.7. The van der Waals surface area contributed by atoms with Gasteiger partial charge in [-0.2, -0.15) is 0 Å². The molecule has 0 atom stereocenters. The Balaban J connectivity index is 1.74. The minimum absolute atomic E-state index is 0.118. The fourth-order valence-corrected chi connectivity index (χ4v) is 3.55. The summed E-state index contributed by atoms with van der Waals surface area (Å²) in [4.78, 5) is 25.7. The van der Waals surface area contributed by atoms with E-state index in [1.165, 1.54) is 26.5 Å². The maximum atomic E-state index is 13.4. The van der Waals surface area contributed by atoms with Crippen LogP contribution in [0.3, 0.4) is 0 Å². The summed E-state index contributed by atoms with van der Waals surface area (Å²) >= 11 is 6.23. The van der Waals surface area contributed by atoms with Gasteiger partial charge < -0.3 is 28.4 Å². The van der Waals surface area contributed by atoms with Gasteiger partial charge in [0.2, 0.25) is 11.2 Å². The number of halogens is 1. The van der Waals surface area contributed by atoms with Crippen molar-refractivity contribution in [3.8, 4) is 28.6 Å². The molecule has 4 aromatic rings. The average molecular weight is 484 g/mol. The third-order valence-electron chi connectivity index (χ3n) is 5.16. The smallest absolute Gasteiger partial charge is 0.258 e. The first-order chi connectivity index (χ1) is 16.4. The van der Waals surface area contributed by atoms with E-state index in [4.69, 9.17) is 34.6 Å². The molecular formula is C25H22ClNO7. The number of carbonyl (C=O) groups excluding carboxylic acids is 1. The molecule has 9 heteroatoms. The van der Waals surface area contributed by atoms with Crippen LogP contribution in [0.1, 0.15) is 11.3 Å². The topological polar surface area (TPSA) is 100 Å². The SMILES string of the molecule is COc1ccc(-c2oc3cc(C)c(Cl)cc3c(=O)c2OCC(=O)NCc2ccco2)cc1OC. The van der Waals surface area contributed by atoms with Crippen LogP contribution in [-0.4, -0.2) is 26.7 Å². The summed E-state index contributed by atoms with van der Waals surface area (Å²) in [6, 6.07) is 11.7. The number of aryl methyl sites for hydroxylation is 1. The normalized spacial score (nSPS) is 10.8. The Kier molecular flexibility index (Phi) is 6.79. The lowest BCUT2D eigenvalue weighted by atomic mass is 10.1. The van der Waals surface area contributed by atoms with Gasteiger partial charge in [0.1, 0.15) is 11.3 Å². The van der Waals surface area contributed by atoms with Crippen molar-refractivity contribution in [2.24, 2.45) is 0 Å². The van der Waals surface area contributed by atoms with Crippen molar-refractivity contribution in [3.05, 3.63) is 75.3 Å². The molecule has 0 aliphatic rings. The molecule has 0 saturated heterocycles. The van der Waals surface area contributed by atoms with E-state index in [-0.39, 0.29) is 23.4 Å². The predicted molar refractivity (Wildman–Crippen MR) is 127 cm³/mol. The number of carbonyl (C=O) groups is 1. The number of amides is 1. The van der Waals surface area contributed by atoms with E-state index in [0.29, 0.717) is 33.4 Å². The van der Waals surface area contributed by atoms with Crippen molar-refractivity contribution >= 4 is 28.5 Å². The van der Waals surface area contributed by atoms with Gasteiger partial charge in [0, 0.05) is 10.6 Å². The van der Waals surface area contributed by atoms with Gasteiger partial charge in [-0.15, -0.1) is 0 Å². The summed E-state index contributed by atoms with van der Waals surface area (Å²) in [5, 5.41) is 3.33. The molecule has 0 saturated carbocycles. The highest BCUT2D eigenvalue weighted by Gasteiger charge is 2.21. The van der Waals surface area contributed by atoms with E-state index in [1.807, 2.05) is 6.92 Å². The average Bonchev–Trinajstić information content (AvgIpc) is 3.36. The Hall–Kier alpha value is -3.91. The van der Waals surface area contributed by atoms with Crippen LogP contribution in [0.2, 0.25) is 5.02 Å². The molecule has 0 unspecified atom stereocenters. The van der Waals surface area contributed by atoms with Crippen LogP contribution >= 0.6 is 11.6 Å². The first kappa shape index (κ1) is 23.3. The molecule has 0 radical (unpaired) electrons. The van der Waals surface area contributed by atoms with Crippen LogP contribution in [0.4, 0.5) is 0 Å². The zero-order valence-corrected chi connectivity index (χ0v) is 19.5. The van der Waals surface area contributed by atoms with Crippen molar-refractivity contribution < 1.29 is 27.8 Å². The second kappa shape index (κ2) is 9.93. The number of rotatable bonds is 8. The van der Waals surface area contributed by atoms with Crippen LogP contribution in [0.15, 0.2) is 62.4 Å². The number of hydrogen-bond acceptors (Lipinski definition) is 7. The van der Waals surface area contributed by atoms with Crippen LogP contribution < -0.4 is 25.0 Å². The molecule has 1 amide bonds. The Bertz CT molecular complexity index is 1390. The van der Waals surface area contributed by atoms with E-state index in [9.17, 15) is 9.59 Å². The van der Waals surface area contributed by atoms with Crippen molar-refractivity contribution in [2.45, 2.75) is 13.5 Å². The number of furan rings is 1. The number of fused-ring (bicyclic) bond motifs is 1. The van der Waals surface area contributed by atoms with Crippen LogP contribution in [0, 0.1) is 6.92 Å². The van der Waals surface area contributed by atoms with Gasteiger partial charge in [0.25, 0.3) is 5.91 Å². The molecule has 2 aromatic carbocycles. The third kappa shape index (κ3) is 4.72. The monoisotopic (exact) mass is 483 g/mol. The zero-order valence-electron chi connectivity index (χ0n) is 18.8. The molecule has 8 nitrogen and oxygen atoms in total. The molecule has 0 aliphatic carbocycles. The minimum Gasteiger partial charge on any atom is -0.493 e. The molecule has 34 heavy (non-hydrogen) atoms. The molecule has 4 rings (SSSR count). The molecule has 176 valence electrons. The predicted octanol–water partition coefficient (Wildman–Crippen LogP) is 4.73. The second-order valence-electron chi connectivity index (χ2n) is 7.40. The van der Waals surface area contributed by atoms with E-state index >= 15 is 0 Å². The summed E-state index contributed by atoms with van der Waals surface area (Å²) in [6.45, 7) is 1.60. The van der Waals surface area contributed by atoms with E-state index in [2.05, 4.69) is 5.32 Å². The summed E-state index contributed by atoms with van der Waals surface area (Å²) in [6.07, 6.45) is 1.51. The molecule has 0 bridgehead atoms. The molecule has 0 fully saturated rings. The summed E-state index contributed by atoms with van der Waals surface area (Å²) < 4.78 is 27.7. The number of nitrogens with one attached hydrogen (secondary N) is 1. The lowest BCUT2D eigenvalue weighted by molar-refractivity contribution is -0.123. The number of ether oxygens (including phenoxy) is 3. The van der Waals surface area contributed by atoms with E-state index in [1.54, 1.807) is 36.4 Å². The molecule has 1 N–H and O–H groups in total. The summed E-state index contributed by atoms with van der Waals surface area (Å²) in [5.41, 5.74) is 1.15. The highest BCUT2D eigenvalue weighted by molar-refractivity contribution is 6.32. The van der Waals surface area contributed by atoms with Gasteiger partial charge in [-0.25, -0.2) is 0 Å². The highest BCUT2D eigenvalue weighted by Crippen LogP contribution is 2.37. The number of methoxy groups -OCH3 is 2. The molecular weight excluding hydrogens is 462 g/mol. The third-order valence-corrected chi connectivity index (χ3v) is 5.57. The number of hydrogen-bond donors (Lipinski definition) is 1. The summed E-state index contributed by atoms with van der Waals surface area (Å²) in [7, 11) is 3.03.